The summed E-state index contributed by atoms with van der Waals surface area (Å²) in [7, 11) is 8.02. The minimum absolute atomic E-state index is 0.0780. The molecule has 0 unspecified atom stereocenters. The van der Waals surface area contributed by atoms with Crippen molar-refractivity contribution in [2.24, 2.45) is 0 Å². The van der Waals surface area contributed by atoms with Gasteiger partial charge in [0, 0.05) is 54.7 Å². The van der Waals surface area contributed by atoms with Gasteiger partial charge in [-0.3, -0.25) is 0 Å². The maximum atomic E-state index is 7.79. The summed E-state index contributed by atoms with van der Waals surface area (Å²) in [6.45, 7) is 9.77. The van der Waals surface area contributed by atoms with Gasteiger partial charge in [0.1, 0.15) is 78.7 Å². The number of ether oxygens (including phenoxy) is 14. The highest BCUT2D eigenvalue weighted by Crippen LogP contribution is 2.43. The zero-order valence-electron chi connectivity index (χ0n) is 47.6. The minimum atomic E-state index is -3.18. The topological polar surface area (TPSA) is 138 Å². The van der Waals surface area contributed by atoms with Gasteiger partial charge in [0.25, 0.3) is 8.32 Å². The summed E-state index contributed by atoms with van der Waals surface area (Å²) in [6, 6.07) is 49.8. The van der Waals surface area contributed by atoms with Crippen LogP contribution in [0.1, 0.15) is 37.5 Å². The highest BCUT2D eigenvalue weighted by molar-refractivity contribution is 7.99. The third kappa shape index (κ3) is 14.5. The number of hydrogen-bond acceptors (Lipinski definition) is 16. The molecule has 0 spiro atoms. The zero-order chi connectivity index (χ0) is 55.9. The van der Waals surface area contributed by atoms with E-state index >= 15 is 0 Å². The smallest absolute Gasteiger partial charge is 0.261 e. The molecule has 0 saturated carbocycles. The van der Waals surface area contributed by atoms with Crippen molar-refractivity contribution in [3.8, 4) is 0 Å². The van der Waals surface area contributed by atoms with Crippen LogP contribution in [0, 0.1) is 6.92 Å². The zero-order valence-corrected chi connectivity index (χ0v) is 49.4. The van der Waals surface area contributed by atoms with Gasteiger partial charge in [0.05, 0.1) is 33.0 Å². The molecular formula is C62H82O15SSi. The Balaban J connectivity index is 1.23. The number of thioether (sulfide) groups is 1. The van der Waals surface area contributed by atoms with Crippen LogP contribution in [-0.2, 0) is 84.0 Å². The summed E-state index contributed by atoms with van der Waals surface area (Å²) in [5, 5.41) is 1.89. The second-order valence-electron chi connectivity index (χ2n) is 21.2. The molecule has 5 aromatic rings. The number of methoxy groups -OCH3 is 7. The molecule has 430 valence electrons. The quantitative estimate of drug-likeness (QED) is 0.0492. The summed E-state index contributed by atoms with van der Waals surface area (Å²) < 4.78 is 100. The SMILES string of the molecule is COC[C@H]1O[C@H](O[C@H]2[C@H](OC)[C@@H](OC)[C@H](O[C@H]3[C@H](OCc4ccccc4)[C@@H](OCc4ccccc4)[C@H](Sc4ccc(C)cc4)O[C@@H]3CO[Si](c3ccccc3)(c3ccccc3)C(C)(C)C)O[C@@H]2COC)[C@H](OC)[C@@H](OC)[C@@H]1OC. The van der Waals surface area contributed by atoms with Crippen LogP contribution in [0.5, 0.6) is 0 Å². The molecule has 5 aromatic carbocycles. The van der Waals surface area contributed by atoms with Crippen LogP contribution in [0.3, 0.4) is 0 Å². The lowest BCUT2D eigenvalue weighted by molar-refractivity contribution is -0.379. The Hall–Kier alpha value is -3.93. The number of rotatable bonds is 26. The molecule has 0 bridgehead atoms. The average Bonchev–Trinajstić information content (AvgIpc) is 3.52. The van der Waals surface area contributed by atoms with E-state index in [9.17, 15) is 0 Å². The third-order valence-corrected chi connectivity index (χ3v) is 21.3. The summed E-state index contributed by atoms with van der Waals surface area (Å²) in [5.74, 6) is 0. The summed E-state index contributed by atoms with van der Waals surface area (Å²) >= 11 is 1.58. The molecular weight excluding hydrogens is 1040 g/mol. The van der Waals surface area contributed by atoms with Crippen LogP contribution in [0.15, 0.2) is 150 Å². The first-order valence-electron chi connectivity index (χ1n) is 27.1. The lowest BCUT2D eigenvalue weighted by atomic mass is 9.95. The van der Waals surface area contributed by atoms with Gasteiger partial charge in [0.15, 0.2) is 12.6 Å². The molecule has 15 nitrogen and oxygen atoms in total. The van der Waals surface area contributed by atoms with E-state index in [2.05, 4.69) is 113 Å². The average molecular weight is 1130 g/mol. The minimum Gasteiger partial charge on any atom is -0.405 e. The largest absolute Gasteiger partial charge is 0.405 e. The van der Waals surface area contributed by atoms with Gasteiger partial charge in [-0.1, -0.05) is 172 Å². The molecule has 0 aromatic heterocycles. The van der Waals surface area contributed by atoms with Crippen molar-refractivity contribution >= 4 is 30.5 Å². The van der Waals surface area contributed by atoms with Crippen molar-refractivity contribution in [1.82, 2.24) is 0 Å². The lowest BCUT2D eigenvalue weighted by Gasteiger charge is -2.51. The van der Waals surface area contributed by atoms with Crippen molar-refractivity contribution < 1.29 is 70.7 Å². The van der Waals surface area contributed by atoms with Crippen LogP contribution in [-0.4, -0.2) is 169 Å². The molecule has 3 aliphatic heterocycles. The number of hydrogen-bond donors (Lipinski definition) is 0. The summed E-state index contributed by atoms with van der Waals surface area (Å²) in [6.07, 6.45) is -11.1. The maximum absolute atomic E-state index is 7.79. The van der Waals surface area contributed by atoms with Gasteiger partial charge in [-0.15, -0.1) is 0 Å². The molecule has 3 aliphatic rings. The Labute approximate surface area is 473 Å². The van der Waals surface area contributed by atoms with E-state index in [-0.39, 0.29) is 38.1 Å². The van der Waals surface area contributed by atoms with Crippen molar-refractivity contribution in [3.05, 3.63) is 162 Å². The van der Waals surface area contributed by atoms with E-state index in [1.165, 1.54) is 0 Å². The molecule has 0 aliphatic carbocycles. The fourth-order valence-electron chi connectivity index (χ4n) is 11.3. The highest BCUT2D eigenvalue weighted by Gasteiger charge is 2.58. The van der Waals surface area contributed by atoms with E-state index in [1.807, 2.05) is 60.7 Å². The van der Waals surface area contributed by atoms with Crippen molar-refractivity contribution in [3.63, 3.8) is 0 Å². The lowest BCUT2D eigenvalue weighted by Crippen LogP contribution is -2.69. The maximum Gasteiger partial charge on any atom is 0.261 e. The van der Waals surface area contributed by atoms with Crippen LogP contribution in [0.25, 0.3) is 0 Å². The standard InChI is InChI=1S/C62H82O15SSi/c1-41-32-34-44(35-33-41)78-61-58(71-37-43-26-18-13-19-27-43)55(70-36-42-24-16-12-17-25-42)52(49(75-61)40-72-79(62(2,3)4,45-28-20-14-21-29-45)46-30-22-15-23-31-46)77-60-57(69-11)54(67-9)51(48(74-60)39-64-6)76-59-56(68-10)53(66-8)50(65-7)47(73-59)38-63-5/h12-35,47-61H,36-40H2,1-11H3/t47-,48-,49-,50-,51-,52-,53+,54+,55+,56-,57-,58-,59-,60+,61+/m1/s1. The first-order chi connectivity index (χ1) is 38.4. The predicted molar refractivity (Wildman–Crippen MR) is 304 cm³/mol. The monoisotopic (exact) mass is 1130 g/mol. The Morgan fingerprint density at radius 3 is 1.28 bits per heavy atom. The molecule has 0 N–H and O–H groups in total. The van der Waals surface area contributed by atoms with E-state index in [4.69, 9.17) is 70.7 Å². The predicted octanol–water partition coefficient (Wildman–Crippen LogP) is 8.15. The van der Waals surface area contributed by atoms with Crippen LogP contribution < -0.4 is 10.4 Å². The van der Waals surface area contributed by atoms with Crippen molar-refractivity contribution in [2.75, 3.05) is 69.6 Å². The van der Waals surface area contributed by atoms with Crippen molar-refractivity contribution in [1.29, 1.82) is 0 Å². The van der Waals surface area contributed by atoms with E-state index < -0.39 is 99.6 Å². The van der Waals surface area contributed by atoms with E-state index in [1.54, 1.807) is 61.5 Å². The van der Waals surface area contributed by atoms with Crippen molar-refractivity contribution in [2.45, 2.75) is 142 Å². The molecule has 0 amide bonds. The summed E-state index contributed by atoms with van der Waals surface area (Å²) in [4.78, 5) is 1.00. The molecule has 3 fully saturated rings. The Kier molecular flexibility index (Phi) is 22.7. The van der Waals surface area contributed by atoms with Crippen LogP contribution in [0.2, 0.25) is 5.04 Å². The Morgan fingerprint density at radius 2 is 0.835 bits per heavy atom. The molecule has 15 atom stereocenters. The molecule has 79 heavy (non-hydrogen) atoms. The fourth-order valence-corrected chi connectivity index (χ4v) is 17.0. The van der Waals surface area contributed by atoms with Gasteiger partial charge in [0.2, 0.25) is 0 Å². The normalized spacial score (nSPS) is 29.6. The highest BCUT2D eigenvalue weighted by atomic mass is 32.2. The molecule has 8 rings (SSSR count). The molecule has 17 heteroatoms. The number of benzene rings is 5. The van der Waals surface area contributed by atoms with Gasteiger partial charge in [-0.05, 0) is 45.6 Å². The van der Waals surface area contributed by atoms with Gasteiger partial charge in [-0.25, -0.2) is 0 Å². The van der Waals surface area contributed by atoms with Crippen LogP contribution >= 0.6 is 11.8 Å². The van der Waals surface area contributed by atoms with Gasteiger partial charge < -0.3 is 70.7 Å². The molecule has 3 saturated heterocycles. The fraction of sp³-hybridized carbons (Fsp3) is 0.516. The molecule has 3 heterocycles. The molecule has 0 radical (unpaired) electrons. The first-order valence-corrected chi connectivity index (χ1v) is 29.9. The summed E-state index contributed by atoms with van der Waals surface area (Å²) in [5.41, 5.74) is 2.49. The van der Waals surface area contributed by atoms with Gasteiger partial charge >= 0.3 is 0 Å². The Morgan fingerprint density at radius 1 is 0.430 bits per heavy atom. The van der Waals surface area contributed by atoms with Crippen LogP contribution in [0.4, 0.5) is 0 Å². The third-order valence-electron chi connectivity index (χ3n) is 15.1. The van der Waals surface area contributed by atoms with E-state index in [0.29, 0.717) is 0 Å². The van der Waals surface area contributed by atoms with E-state index in [0.717, 1.165) is 32.0 Å². The Bertz CT molecular complexity index is 2470. The second-order valence-corrected chi connectivity index (χ2v) is 26.6. The first kappa shape index (κ1) is 61.1. The number of aryl methyl sites for hydroxylation is 1. The van der Waals surface area contributed by atoms with Gasteiger partial charge in [-0.2, -0.15) is 0 Å². The second kappa shape index (κ2) is 29.4.